The second-order valence-electron chi connectivity index (χ2n) is 10.2. The van der Waals surface area contributed by atoms with Crippen molar-refractivity contribution in [2.45, 2.75) is 99.3 Å². The Morgan fingerprint density at radius 2 is 1.63 bits per heavy atom. The Morgan fingerprint density at radius 3 is 2.16 bits per heavy atom. The Kier molecular flexibility index (Phi) is 14.0. The highest BCUT2D eigenvalue weighted by Gasteiger charge is 2.19. The van der Waals surface area contributed by atoms with Crippen LogP contribution in [0.15, 0.2) is 18.2 Å². The van der Waals surface area contributed by atoms with Gasteiger partial charge in [0.05, 0.1) is 17.1 Å². The number of carbonyl (C=O) groups excluding carboxylic acids is 1. The number of nitrogens with one attached hydrogen (secondary N) is 3. The predicted octanol–water partition coefficient (Wildman–Crippen LogP) is 8.35. The van der Waals surface area contributed by atoms with Crippen molar-refractivity contribution in [1.82, 2.24) is 4.37 Å². The van der Waals surface area contributed by atoms with Crippen molar-refractivity contribution in [2.75, 3.05) is 34.2 Å². The fourth-order valence-corrected chi connectivity index (χ4v) is 5.33. The highest BCUT2D eigenvalue weighted by Crippen LogP contribution is 2.32. The molecule has 2 aromatic rings. The summed E-state index contributed by atoms with van der Waals surface area (Å²) < 4.78 is 4.27. The first kappa shape index (κ1) is 31.4. The van der Waals surface area contributed by atoms with Crippen molar-refractivity contribution < 1.29 is 4.79 Å². The van der Waals surface area contributed by atoms with Gasteiger partial charge in [-0.1, -0.05) is 73.1 Å². The summed E-state index contributed by atoms with van der Waals surface area (Å²) >= 11 is 1.24. The number of carbonyl (C=O) groups is 1. The number of anilines is 4. The standard InChI is InChI=1S/C30H48N6OS/c1-7-12-14-23(9-3)20-36(21-24(10-4)15-13-8-2)25-16-17-27(28(18-25)32-29(37)11-5)33-34-30-26(19-31)22(6)35-38-30/h16-18,23-24,33-34H,7-15,20-21H2,1-6H3,(H,32,37). The van der Waals surface area contributed by atoms with E-state index in [1.165, 1.54) is 62.9 Å². The highest BCUT2D eigenvalue weighted by molar-refractivity contribution is 7.10. The number of nitrogens with zero attached hydrogens (tertiary/aromatic N) is 3. The van der Waals surface area contributed by atoms with Crippen LogP contribution in [0.1, 0.15) is 104 Å². The second kappa shape index (κ2) is 16.9. The average Bonchev–Trinajstić information content (AvgIpc) is 3.30. The molecular formula is C30H48N6OS. The molecule has 0 aliphatic heterocycles. The number of aryl methyl sites for hydroxylation is 1. The van der Waals surface area contributed by atoms with Gasteiger partial charge < -0.3 is 10.2 Å². The molecule has 38 heavy (non-hydrogen) atoms. The van der Waals surface area contributed by atoms with Crippen LogP contribution < -0.4 is 21.1 Å². The van der Waals surface area contributed by atoms with E-state index < -0.39 is 0 Å². The summed E-state index contributed by atoms with van der Waals surface area (Å²) in [6.45, 7) is 14.9. The maximum Gasteiger partial charge on any atom is 0.224 e. The van der Waals surface area contributed by atoms with Gasteiger partial charge >= 0.3 is 0 Å². The number of hydrogen-bond donors (Lipinski definition) is 3. The van der Waals surface area contributed by atoms with E-state index in [9.17, 15) is 10.1 Å². The van der Waals surface area contributed by atoms with E-state index in [4.69, 9.17) is 0 Å². The van der Waals surface area contributed by atoms with Crippen molar-refractivity contribution in [3.8, 4) is 6.07 Å². The first-order valence-corrected chi connectivity index (χ1v) is 15.2. The summed E-state index contributed by atoms with van der Waals surface area (Å²) in [5, 5.41) is 13.2. The number of amides is 1. The molecule has 0 bridgehead atoms. The molecule has 0 radical (unpaired) electrons. The third-order valence-corrected chi connectivity index (χ3v) is 8.15. The highest BCUT2D eigenvalue weighted by atomic mass is 32.1. The lowest BCUT2D eigenvalue weighted by molar-refractivity contribution is -0.115. The molecule has 8 heteroatoms. The molecule has 2 atom stereocenters. The van der Waals surface area contributed by atoms with Crippen LogP contribution in [0, 0.1) is 30.1 Å². The van der Waals surface area contributed by atoms with E-state index in [0.29, 0.717) is 34.5 Å². The fourth-order valence-electron chi connectivity index (χ4n) is 4.63. The molecular weight excluding hydrogens is 492 g/mol. The minimum Gasteiger partial charge on any atom is -0.371 e. The monoisotopic (exact) mass is 540 g/mol. The summed E-state index contributed by atoms with van der Waals surface area (Å²) in [6, 6.07) is 8.46. The van der Waals surface area contributed by atoms with Gasteiger partial charge in [-0.25, -0.2) is 0 Å². The maximum atomic E-state index is 12.5. The lowest BCUT2D eigenvalue weighted by Crippen LogP contribution is -2.34. The number of rotatable bonds is 18. The van der Waals surface area contributed by atoms with Crippen LogP contribution in [0.3, 0.4) is 0 Å². The molecule has 0 saturated heterocycles. The number of hydrazine groups is 1. The van der Waals surface area contributed by atoms with E-state index in [-0.39, 0.29) is 5.91 Å². The molecule has 0 aliphatic carbocycles. The molecule has 0 spiro atoms. The zero-order valence-corrected chi connectivity index (χ0v) is 25.1. The van der Waals surface area contributed by atoms with Crippen molar-refractivity contribution in [2.24, 2.45) is 11.8 Å². The topological polar surface area (TPSA) is 93.1 Å². The molecule has 2 rings (SSSR count). The van der Waals surface area contributed by atoms with Gasteiger partial charge in [0.2, 0.25) is 5.91 Å². The van der Waals surface area contributed by atoms with Crippen LogP contribution in [0.4, 0.5) is 22.1 Å². The third kappa shape index (κ3) is 9.50. The van der Waals surface area contributed by atoms with Crippen LogP contribution >= 0.6 is 11.5 Å². The Hall–Kier alpha value is -2.79. The minimum absolute atomic E-state index is 0.0353. The number of benzene rings is 1. The smallest absolute Gasteiger partial charge is 0.224 e. The SMILES string of the molecule is CCCCC(CC)CN(CC(CC)CCCC)c1ccc(NNc2snc(C)c2C#N)c(NC(=O)CC)c1. The summed E-state index contributed by atoms with van der Waals surface area (Å²) in [6.07, 6.45) is 10.2. The quantitative estimate of drug-likeness (QED) is 0.165. The largest absolute Gasteiger partial charge is 0.371 e. The predicted molar refractivity (Wildman–Crippen MR) is 163 cm³/mol. The summed E-state index contributed by atoms with van der Waals surface area (Å²) in [7, 11) is 0. The molecule has 0 fully saturated rings. The second-order valence-corrected chi connectivity index (χ2v) is 11.0. The van der Waals surface area contributed by atoms with Gasteiger partial charge in [-0.2, -0.15) is 9.64 Å². The van der Waals surface area contributed by atoms with Gasteiger partial charge in [0.25, 0.3) is 0 Å². The van der Waals surface area contributed by atoms with Gasteiger partial charge in [0.1, 0.15) is 16.6 Å². The summed E-state index contributed by atoms with van der Waals surface area (Å²) in [5.41, 5.74) is 10.2. The van der Waals surface area contributed by atoms with Crippen LogP contribution in [-0.2, 0) is 4.79 Å². The lowest BCUT2D eigenvalue weighted by atomic mass is 9.95. The number of hydrogen-bond acceptors (Lipinski definition) is 7. The van der Waals surface area contributed by atoms with Gasteiger partial charge in [-0.15, -0.1) is 0 Å². The van der Waals surface area contributed by atoms with Crippen LogP contribution in [0.2, 0.25) is 0 Å². The zero-order chi connectivity index (χ0) is 27.9. The van der Waals surface area contributed by atoms with Gasteiger partial charge in [-0.3, -0.25) is 15.6 Å². The molecule has 210 valence electrons. The molecule has 1 heterocycles. The first-order valence-electron chi connectivity index (χ1n) is 14.5. The van der Waals surface area contributed by atoms with E-state index in [2.05, 4.69) is 71.3 Å². The minimum atomic E-state index is -0.0353. The Morgan fingerprint density at radius 1 is 1.00 bits per heavy atom. The van der Waals surface area contributed by atoms with Crippen LogP contribution in [0.5, 0.6) is 0 Å². The molecule has 1 aromatic carbocycles. The average molecular weight is 541 g/mol. The van der Waals surface area contributed by atoms with E-state index in [1.54, 1.807) is 0 Å². The normalized spacial score (nSPS) is 12.4. The zero-order valence-electron chi connectivity index (χ0n) is 24.3. The molecule has 0 aliphatic rings. The van der Waals surface area contributed by atoms with Gasteiger partial charge in [0.15, 0.2) is 0 Å². The molecule has 1 amide bonds. The molecule has 2 unspecified atom stereocenters. The van der Waals surface area contributed by atoms with E-state index in [1.807, 2.05) is 19.9 Å². The van der Waals surface area contributed by atoms with Gasteiger partial charge in [-0.05, 0) is 61.3 Å². The Labute approximate surface area is 234 Å². The maximum absolute atomic E-state index is 12.5. The summed E-state index contributed by atoms with van der Waals surface area (Å²) in [5.74, 6) is 1.25. The first-order chi connectivity index (χ1) is 18.4. The van der Waals surface area contributed by atoms with E-state index >= 15 is 0 Å². The molecule has 7 nitrogen and oxygen atoms in total. The van der Waals surface area contributed by atoms with Crippen LogP contribution in [0.25, 0.3) is 0 Å². The van der Waals surface area contributed by atoms with E-state index in [0.717, 1.165) is 30.2 Å². The molecule has 3 N–H and O–H groups in total. The summed E-state index contributed by atoms with van der Waals surface area (Å²) in [4.78, 5) is 15.0. The van der Waals surface area contributed by atoms with Crippen molar-refractivity contribution in [3.63, 3.8) is 0 Å². The number of aromatic nitrogens is 1. The molecule has 1 aromatic heterocycles. The van der Waals surface area contributed by atoms with Crippen LogP contribution in [-0.4, -0.2) is 23.4 Å². The van der Waals surface area contributed by atoms with Crippen molar-refractivity contribution in [3.05, 3.63) is 29.5 Å². The lowest BCUT2D eigenvalue weighted by Gasteiger charge is -2.33. The van der Waals surface area contributed by atoms with Crippen molar-refractivity contribution in [1.29, 1.82) is 5.26 Å². The Balaban J connectivity index is 2.38. The van der Waals surface area contributed by atoms with Crippen molar-refractivity contribution >= 4 is 39.5 Å². The Bertz CT molecular complexity index is 1010. The molecule has 0 saturated carbocycles. The number of unbranched alkanes of at least 4 members (excludes halogenated alkanes) is 2. The fraction of sp³-hybridized carbons (Fsp3) is 0.633. The number of nitriles is 1. The third-order valence-electron chi connectivity index (χ3n) is 7.29. The van der Waals surface area contributed by atoms with Gasteiger partial charge in [0, 0.05) is 25.2 Å².